The van der Waals surface area contributed by atoms with E-state index in [4.69, 9.17) is 5.11 Å². The summed E-state index contributed by atoms with van der Waals surface area (Å²) < 4.78 is 0.689. The molecule has 78 valence electrons. The Bertz CT molecular complexity index is 302. The van der Waals surface area contributed by atoms with Gasteiger partial charge in [-0.1, -0.05) is 12.1 Å². The summed E-state index contributed by atoms with van der Waals surface area (Å²) in [6, 6.07) is 5.49. The molecule has 1 aromatic rings. The number of hydrogen-bond donors (Lipinski definition) is 3. The molecular formula is C10H14BrNO2. The predicted octanol–water partition coefficient (Wildman–Crippen LogP) is 1.63. The maximum Gasteiger partial charge on any atom is 0.134 e. The number of phenols is 1. The van der Waals surface area contributed by atoms with E-state index in [1.807, 2.05) is 12.1 Å². The molecule has 0 amide bonds. The van der Waals surface area contributed by atoms with Crippen LogP contribution in [0.25, 0.3) is 0 Å². The Morgan fingerprint density at radius 1 is 1.50 bits per heavy atom. The topological polar surface area (TPSA) is 52.5 Å². The van der Waals surface area contributed by atoms with Crippen molar-refractivity contribution in [1.82, 2.24) is 5.32 Å². The monoisotopic (exact) mass is 259 g/mol. The van der Waals surface area contributed by atoms with Crippen LogP contribution in [0.4, 0.5) is 0 Å². The van der Waals surface area contributed by atoms with Crippen molar-refractivity contribution in [2.75, 3.05) is 6.54 Å². The Kier molecular flexibility index (Phi) is 4.38. The zero-order chi connectivity index (χ0) is 10.6. The molecule has 1 aromatic carbocycles. The highest BCUT2D eigenvalue weighted by Gasteiger charge is 2.04. The first-order valence-electron chi connectivity index (χ1n) is 4.46. The van der Waals surface area contributed by atoms with Gasteiger partial charge in [0.25, 0.3) is 0 Å². The first-order chi connectivity index (χ1) is 6.61. The van der Waals surface area contributed by atoms with Crippen LogP contribution >= 0.6 is 15.9 Å². The Labute approximate surface area is 91.9 Å². The van der Waals surface area contributed by atoms with E-state index < -0.39 is 0 Å². The molecule has 1 rings (SSSR count). The number of benzene rings is 1. The zero-order valence-corrected chi connectivity index (χ0v) is 9.58. The molecule has 0 spiro atoms. The molecular weight excluding hydrogens is 246 g/mol. The van der Waals surface area contributed by atoms with Crippen LogP contribution in [0, 0.1) is 0 Å². The number of aromatic hydroxyl groups is 1. The van der Waals surface area contributed by atoms with Gasteiger partial charge in [0.2, 0.25) is 0 Å². The molecule has 14 heavy (non-hydrogen) atoms. The van der Waals surface area contributed by atoms with Gasteiger partial charge in [-0.3, -0.25) is 0 Å². The lowest BCUT2D eigenvalue weighted by Crippen LogP contribution is -2.23. The molecule has 0 saturated heterocycles. The maximum atomic E-state index is 9.61. The van der Waals surface area contributed by atoms with Crippen molar-refractivity contribution in [2.45, 2.75) is 19.6 Å². The number of hydrogen-bond acceptors (Lipinski definition) is 3. The van der Waals surface area contributed by atoms with Crippen molar-refractivity contribution in [2.24, 2.45) is 0 Å². The molecule has 3 N–H and O–H groups in total. The van der Waals surface area contributed by atoms with Crippen LogP contribution in [0.3, 0.4) is 0 Å². The lowest BCUT2D eigenvalue weighted by molar-refractivity contribution is 0.191. The molecule has 1 atom stereocenters. The average Bonchev–Trinajstić information content (AvgIpc) is 2.12. The third kappa shape index (κ3) is 3.29. The summed E-state index contributed by atoms with van der Waals surface area (Å²) in [4.78, 5) is 0. The summed E-state index contributed by atoms with van der Waals surface area (Å²) in [6.07, 6.45) is -0.371. The van der Waals surface area contributed by atoms with Crippen molar-refractivity contribution in [3.05, 3.63) is 28.2 Å². The highest BCUT2D eigenvalue weighted by Crippen LogP contribution is 2.26. The van der Waals surface area contributed by atoms with Crippen molar-refractivity contribution < 1.29 is 10.2 Å². The standard InChI is InChI=1S/C10H14BrNO2/c1-7(13)5-12-6-8-3-2-4-9(11)10(8)14/h2-4,7,12-14H,5-6H2,1H3/t7-/m0/s1. The molecule has 0 bridgehead atoms. The summed E-state index contributed by atoms with van der Waals surface area (Å²) in [7, 11) is 0. The van der Waals surface area contributed by atoms with Crippen LogP contribution in [0.5, 0.6) is 5.75 Å². The molecule has 0 heterocycles. The quantitative estimate of drug-likeness (QED) is 0.771. The number of para-hydroxylation sites is 1. The summed E-state index contributed by atoms with van der Waals surface area (Å²) >= 11 is 3.24. The van der Waals surface area contributed by atoms with E-state index in [2.05, 4.69) is 21.2 Å². The smallest absolute Gasteiger partial charge is 0.134 e. The fourth-order valence-electron chi connectivity index (χ4n) is 1.12. The largest absolute Gasteiger partial charge is 0.506 e. The van der Waals surface area contributed by atoms with Crippen molar-refractivity contribution in [3.8, 4) is 5.75 Å². The molecule has 4 heteroatoms. The van der Waals surface area contributed by atoms with E-state index in [0.29, 0.717) is 17.6 Å². The van der Waals surface area contributed by atoms with Gasteiger partial charge < -0.3 is 15.5 Å². The van der Waals surface area contributed by atoms with Gasteiger partial charge in [0.05, 0.1) is 10.6 Å². The predicted molar refractivity (Wildman–Crippen MR) is 59.2 cm³/mol. The van der Waals surface area contributed by atoms with Crippen molar-refractivity contribution in [1.29, 1.82) is 0 Å². The summed E-state index contributed by atoms with van der Waals surface area (Å²) in [6.45, 7) is 2.79. The van der Waals surface area contributed by atoms with Gasteiger partial charge in [0.15, 0.2) is 0 Å². The molecule has 0 radical (unpaired) electrons. The van der Waals surface area contributed by atoms with Gasteiger partial charge in [-0.05, 0) is 28.9 Å². The Hall–Kier alpha value is -0.580. The second-order valence-corrected chi connectivity index (χ2v) is 4.08. The summed E-state index contributed by atoms with van der Waals surface area (Å²) in [5.41, 5.74) is 0.819. The van der Waals surface area contributed by atoms with Crippen LogP contribution < -0.4 is 5.32 Å². The summed E-state index contributed by atoms with van der Waals surface area (Å²) in [5, 5.41) is 21.7. The number of halogens is 1. The number of rotatable bonds is 4. The third-order valence-electron chi connectivity index (χ3n) is 1.83. The van der Waals surface area contributed by atoms with E-state index in [-0.39, 0.29) is 11.9 Å². The van der Waals surface area contributed by atoms with Crippen LogP contribution in [0.1, 0.15) is 12.5 Å². The van der Waals surface area contributed by atoms with Gasteiger partial charge in [0.1, 0.15) is 5.75 Å². The minimum Gasteiger partial charge on any atom is -0.506 e. The van der Waals surface area contributed by atoms with E-state index in [0.717, 1.165) is 5.56 Å². The van der Waals surface area contributed by atoms with Gasteiger partial charge in [-0.15, -0.1) is 0 Å². The molecule has 0 aliphatic rings. The molecule has 0 saturated carbocycles. The number of aliphatic hydroxyl groups is 1. The lowest BCUT2D eigenvalue weighted by atomic mass is 10.2. The normalized spacial score (nSPS) is 12.8. The molecule has 0 fully saturated rings. The Morgan fingerprint density at radius 3 is 2.86 bits per heavy atom. The van der Waals surface area contributed by atoms with E-state index in [1.54, 1.807) is 13.0 Å². The highest BCUT2D eigenvalue weighted by molar-refractivity contribution is 9.10. The van der Waals surface area contributed by atoms with Crippen LogP contribution in [-0.4, -0.2) is 22.9 Å². The fraction of sp³-hybridized carbons (Fsp3) is 0.400. The minimum atomic E-state index is -0.371. The van der Waals surface area contributed by atoms with Gasteiger partial charge >= 0.3 is 0 Å². The first kappa shape index (κ1) is 11.5. The molecule has 0 aliphatic heterocycles. The highest BCUT2D eigenvalue weighted by atomic mass is 79.9. The molecule has 0 aromatic heterocycles. The van der Waals surface area contributed by atoms with Crippen molar-refractivity contribution in [3.63, 3.8) is 0 Å². The maximum absolute atomic E-state index is 9.61. The molecule has 0 aliphatic carbocycles. The van der Waals surface area contributed by atoms with Crippen LogP contribution in [0.2, 0.25) is 0 Å². The number of phenolic OH excluding ortho intramolecular Hbond substituents is 1. The van der Waals surface area contributed by atoms with Gasteiger partial charge in [0, 0.05) is 18.7 Å². The van der Waals surface area contributed by atoms with E-state index in [1.165, 1.54) is 0 Å². The van der Waals surface area contributed by atoms with E-state index >= 15 is 0 Å². The SMILES string of the molecule is C[C@H](O)CNCc1cccc(Br)c1O. The van der Waals surface area contributed by atoms with Crippen LogP contribution in [-0.2, 0) is 6.54 Å². The van der Waals surface area contributed by atoms with Gasteiger partial charge in [-0.25, -0.2) is 0 Å². The fourth-order valence-corrected chi connectivity index (χ4v) is 1.53. The number of nitrogens with one attached hydrogen (secondary N) is 1. The van der Waals surface area contributed by atoms with Crippen molar-refractivity contribution >= 4 is 15.9 Å². The average molecular weight is 260 g/mol. The van der Waals surface area contributed by atoms with E-state index in [9.17, 15) is 5.11 Å². The Balaban J connectivity index is 2.54. The number of aliphatic hydroxyl groups excluding tert-OH is 1. The van der Waals surface area contributed by atoms with Crippen LogP contribution in [0.15, 0.2) is 22.7 Å². The second kappa shape index (κ2) is 5.34. The first-order valence-corrected chi connectivity index (χ1v) is 5.25. The minimum absolute atomic E-state index is 0.255. The van der Waals surface area contributed by atoms with Gasteiger partial charge in [-0.2, -0.15) is 0 Å². The second-order valence-electron chi connectivity index (χ2n) is 3.23. The zero-order valence-electron chi connectivity index (χ0n) is 8.00. The molecule has 0 unspecified atom stereocenters. The molecule has 3 nitrogen and oxygen atoms in total. The third-order valence-corrected chi connectivity index (χ3v) is 2.47. The lowest BCUT2D eigenvalue weighted by Gasteiger charge is -2.09. The summed E-state index contributed by atoms with van der Waals surface area (Å²) in [5.74, 6) is 0.255. The Morgan fingerprint density at radius 2 is 2.21 bits per heavy atom.